The maximum atomic E-state index is 12.3. The smallest absolute Gasteiger partial charge is 0.336 e. The van der Waals surface area contributed by atoms with Gasteiger partial charge in [-0.25, -0.2) is 4.79 Å². The van der Waals surface area contributed by atoms with Crippen LogP contribution in [0.3, 0.4) is 0 Å². The molecule has 0 bridgehead atoms. The zero-order valence-corrected chi connectivity index (χ0v) is 14.4. The second-order valence-corrected chi connectivity index (χ2v) is 6.30. The standard InChI is InChI=1S/C21H16O5/c1-12-7-17-15(11-24-19(17)8-13(12)2)9-21(23)25-16-5-3-14-4-6-20(22)26-18(14)10-16/h3-8,10-11H,9H2,1-2H3. The first kappa shape index (κ1) is 16.1. The van der Waals surface area contributed by atoms with E-state index in [4.69, 9.17) is 13.6 Å². The minimum atomic E-state index is -0.448. The van der Waals surface area contributed by atoms with Crippen molar-refractivity contribution in [1.29, 1.82) is 0 Å². The molecule has 0 aliphatic carbocycles. The fourth-order valence-corrected chi connectivity index (χ4v) is 2.90. The molecule has 0 spiro atoms. The Kier molecular flexibility index (Phi) is 3.84. The third kappa shape index (κ3) is 2.99. The molecule has 4 rings (SSSR count). The largest absolute Gasteiger partial charge is 0.464 e. The number of carbonyl (C=O) groups is 1. The molecule has 0 saturated heterocycles. The molecule has 0 N–H and O–H groups in total. The summed E-state index contributed by atoms with van der Waals surface area (Å²) in [4.78, 5) is 23.6. The van der Waals surface area contributed by atoms with Crippen LogP contribution in [-0.4, -0.2) is 5.97 Å². The predicted octanol–water partition coefficient (Wildman–Crippen LogP) is 4.30. The number of aryl methyl sites for hydroxylation is 2. The lowest BCUT2D eigenvalue weighted by molar-refractivity contribution is -0.133. The summed E-state index contributed by atoms with van der Waals surface area (Å²) in [6.45, 7) is 4.04. The summed E-state index contributed by atoms with van der Waals surface area (Å²) in [5.41, 5.74) is 3.74. The molecule has 5 heteroatoms. The van der Waals surface area contributed by atoms with E-state index in [9.17, 15) is 9.59 Å². The summed E-state index contributed by atoms with van der Waals surface area (Å²) in [7, 11) is 0. The molecule has 26 heavy (non-hydrogen) atoms. The Morgan fingerprint density at radius 3 is 2.62 bits per heavy atom. The SMILES string of the molecule is Cc1cc2occ(CC(=O)Oc3ccc4ccc(=O)oc4c3)c2cc1C. The monoisotopic (exact) mass is 348 g/mol. The zero-order chi connectivity index (χ0) is 18.3. The fraction of sp³-hybridized carbons (Fsp3) is 0.143. The van der Waals surface area contributed by atoms with Crippen LogP contribution in [0.5, 0.6) is 5.75 Å². The first-order chi connectivity index (χ1) is 12.5. The minimum absolute atomic E-state index is 0.0896. The van der Waals surface area contributed by atoms with Crippen LogP contribution in [0.2, 0.25) is 0 Å². The number of benzene rings is 2. The van der Waals surface area contributed by atoms with Crippen molar-refractivity contribution in [3.8, 4) is 5.75 Å². The number of hydrogen-bond acceptors (Lipinski definition) is 5. The molecule has 2 aromatic heterocycles. The third-order valence-electron chi connectivity index (χ3n) is 4.43. The summed E-state index contributed by atoms with van der Waals surface area (Å²) < 4.78 is 16.1. The van der Waals surface area contributed by atoms with E-state index in [1.54, 1.807) is 24.5 Å². The van der Waals surface area contributed by atoms with Crippen LogP contribution in [0, 0.1) is 13.8 Å². The van der Waals surface area contributed by atoms with Gasteiger partial charge in [0.1, 0.15) is 16.9 Å². The van der Waals surface area contributed by atoms with Crippen LogP contribution in [-0.2, 0) is 11.2 Å². The van der Waals surface area contributed by atoms with Crippen molar-refractivity contribution in [3.05, 3.63) is 75.8 Å². The Morgan fingerprint density at radius 1 is 1.00 bits per heavy atom. The summed E-state index contributed by atoms with van der Waals surface area (Å²) in [6.07, 6.45) is 1.68. The number of rotatable bonds is 3. The molecule has 2 aromatic carbocycles. The van der Waals surface area contributed by atoms with E-state index in [-0.39, 0.29) is 6.42 Å². The molecule has 0 atom stereocenters. The number of ether oxygens (including phenoxy) is 1. The molecule has 0 aliphatic rings. The molecule has 2 heterocycles. The van der Waals surface area contributed by atoms with Gasteiger partial charge in [0.05, 0.1) is 12.7 Å². The Labute approximate surface area is 148 Å². The summed E-state index contributed by atoms with van der Waals surface area (Å²) in [6, 6.07) is 11.9. The molecule has 0 unspecified atom stereocenters. The number of fused-ring (bicyclic) bond motifs is 2. The fourth-order valence-electron chi connectivity index (χ4n) is 2.90. The van der Waals surface area contributed by atoms with Gasteiger partial charge < -0.3 is 13.6 Å². The van der Waals surface area contributed by atoms with Gasteiger partial charge in [-0.2, -0.15) is 0 Å². The van der Waals surface area contributed by atoms with Crippen LogP contribution in [0.4, 0.5) is 0 Å². The van der Waals surface area contributed by atoms with Gasteiger partial charge in [-0.3, -0.25) is 4.79 Å². The van der Waals surface area contributed by atoms with Crippen LogP contribution in [0.15, 0.2) is 62.4 Å². The average molecular weight is 348 g/mol. The van der Waals surface area contributed by atoms with Crippen molar-refractivity contribution >= 4 is 27.9 Å². The molecule has 5 nitrogen and oxygen atoms in total. The first-order valence-electron chi connectivity index (χ1n) is 8.21. The van der Waals surface area contributed by atoms with Crippen molar-refractivity contribution in [2.75, 3.05) is 0 Å². The quantitative estimate of drug-likeness (QED) is 0.313. The van der Waals surface area contributed by atoms with Crippen LogP contribution in [0.1, 0.15) is 16.7 Å². The van der Waals surface area contributed by atoms with Crippen molar-refractivity contribution < 1.29 is 18.4 Å². The van der Waals surface area contributed by atoms with Crippen molar-refractivity contribution in [3.63, 3.8) is 0 Å². The van der Waals surface area contributed by atoms with E-state index in [2.05, 4.69) is 0 Å². The Balaban J connectivity index is 1.57. The average Bonchev–Trinajstić information content (AvgIpc) is 2.96. The van der Waals surface area contributed by atoms with Crippen molar-refractivity contribution in [2.24, 2.45) is 0 Å². The lowest BCUT2D eigenvalue weighted by Gasteiger charge is -2.05. The summed E-state index contributed by atoms with van der Waals surface area (Å²) >= 11 is 0. The van der Waals surface area contributed by atoms with Crippen LogP contribution in [0.25, 0.3) is 21.9 Å². The maximum absolute atomic E-state index is 12.3. The van der Waals surface area contributed by atoms with Crippen LogP contribution >= 0.6 is 0 Å². The summed E-state index contributed by atoms with van der Waals surface area (Å²) in [5, 5.41) is 1.67. The highest BCUT2D eigenvalue weighted by atomic mass is 16.5. The molecule has 130 valence electrons. The Hall–Kier alpha value is -3.34. The number of hydrogen-bond donors (Lipinski definition) is 0. The van der Waals surface area contributed by atoms with E-state index >= 15 is 0 Å². The molecular formula is C21H16O5. The second kappa shape index (κ2) is 6.19. The number of esters is 1. The molecule has 4 aromatic rings. The van der Waals surface area contributed by atoms with E-state index in [1.165, 1.54) is 12.1 Å². The molecule has 0 aliphatic heterocycles. The normalized spacial score (nSPS) is 11.2. The van der Waals surface area contributed by atoms with Gasteiger partial charge in [-0.1, -0.05) is 0 Å². The van der Waals surface area contributed by atoms with Gasteiger partial charge >= 0.3 is 11.6 Å². The highest BCUT2D eigenvalue weighted by Crippen LogP contribution is 2.26. The van der Waals surface area contributed by atoms with Gasteiger partial charge in [0, 0.05) is 28.5 Å². The van der Waals surface area contributed by atoms with Crippen LogP contribution < -0.4 is 10.4 Å². The van der Waals surface area contributed by atoms with Gasteiger partial charge in [0.25, 0.3) is 0 Å². The van der Waals surface area contributed by atoms with Crippen molar-refractivity contribution in [1.82, 2.24) is 0 Å². The van der Waals surface area contributed by atoms with Gasteiger partial charge in [0.2, 0.25) is 0 Å². The molecule has 0 fully saturated rings. The van der Waals surface area contributed by atoms with E-state index < -0.39 is 11.6 Å². The molecule has 0 radical (unpaired) electrons. The van der Waals surface area contributed by atoms with Crippen molar-refractivity contribution in [2.45, 2.75) is 20.3 Å². The molecule has 0 amide bonds. The molecular weight excluding hydrogens is 332 g/mol. The Bertz CT molecular complexity index is 1200. The third-order valence-corrected chi connectivity index (χ3v) is 4.43. The topological polar surface area (TPSA) is 69.7 Å². The van der Waals surface area contributed by atoms with Gasteiger partial charge in [0.15, 0.2) is 0 Å². The highest BCUT2D eigenvalue weighted by Gasteiger charge is 2.14. The lowest BCUT2D eigenvalue weighted by atomic mass is 10.0. The maximum Gasteiger partial charge on any atom is 0.336 e. The van der Waals surface area contributed by atoms with E-state index in [0.29, 0.717) is 11.3 Å². The minimum Gasteiger partial charge on any atom is -0.464 e. The highest BCUT2D eigenvalue weighted by molar-refractivity contribution is 5.87. The zero-order valence-electron chi connectivity index (χ0n) is 14.4. The number of furan rings is 1. The van der Waals surface area contributed by atoms with E-state index in [0.717, 1.165) is 33.0 Å². The predicted molar refractivity (Wildman–Crippen MR) is 97.5 cm³/mol. The van der Waals surface area contributed by atoms with Gasteiger partial charge in [-0.05, 0) is 55.3 Å². The first-order valence-corrected chi connectivity index (χ1v) is 8.21. The lowest BCUT2D eigenvalue weighted by Crippen LogP contribution is -2.11. The van der Waals surface area contributed by atoms with Gasteiger partial charge in [-0.15, -0.1) is 0 Å². The molecule has 0 saturated carbocycles. The second-order valence-electron chi connectivity index (χ2n) is 6.30. The summed E-state index contributed by atoms with van der Waals surface area (Å²) in [5.74, 6) is -0.0831. The Morgan fingerprint density at radius 2 is 1.77 bits per heavy atom. The number of carbonyl (C=O) groups excluding carboxylic acids is 1. The van der Waals surface area contributed by atoms with E-state index in [1.807, 2.05) is 26.0 Å².